The zero-order chi connectivity index (χ0) is 32.2. The summed E-state index contributed by atoms with van der Waals surface area (Å²) in [6, 6.07) is 10.1. The van der Waals surface area contributed by atoms with Crippen LogP contribution in [0, 0.1) is 13.8 Å². The summed E-state index contributed by atoms with van der Waals surface area (Å²) in [4.78, 5) is 63.7. The van der Waals surface area contributed by atoms with Crippen molar-refractivity contribution in [1.82, 2.24) is 15.2 Å². The maximum absolute atomic E-state index is 13.4. The average Bonchev–Trinajstić information content (AvgIpc) is 3.40. The highest BCUT2D eigenvalue weighted by atomic mass is 16.7. The Morgan fingerprint density at radius 2 is 1.73 bits per heavy atom. The molecule has 13 heteroatoms. The van der Waals surface area contributed by atoms with E-state index in [2.05, 4.69) is 20.3 Å². The summed E-state index contributed by atoms with van der Waals surface area (Å²) in [5.41, 5.74) is 8.54. The van der Waals surface area contributed by atoms with Crippen molar-refractivity contribution in [2.24, 2.45) is 15.7 Å². The molecule has 0 bridgehead atoms. The topological polar surface area (TPSA) is 189 Å². The number of amidine groups is 1. The monoisotopic (exact) mass is 604 g/mol. The largest absolute Gasteiger partial charge is 0.508 e. The molecule has 1 heterocycles. The lowest BCUT2D eigenvalue weighted by Crippen LogP contribution is -2.38. The average molecular weight is 605 g/mol. The first-order chi connectivity index (χ1) is 21.1. The molecule has 0 radical (unpaired) electrons. The Bertz CT molecular complexity index is 1560. The second-order valence-corrected chi connectivity index (χ2v) is 9.64. The van der Waals surface area contributed by atoms with E-state index >= 15 is 0 Å². The number of aliphatic imine (C=N–C) groups is 2. The summed E-state index contributed by atoms with van der Waals surface area (Å²) >= 11 is 0. The number of H-pyrrole nitrogens is 1. The maximum atomic E-state index is 13.4. The molecule has 2 aromatic carbocycles. The minimum absolute atomic E-state index is 0.0182. The molecule has 0 saturated heterocycles. The number of aromatic amines is 1. The van der Waals surface area contributed by atoms with Gasteiger partial charge in [-0.15, -0.1) is 0 Å². The zero-order valence-electron chi connectivity index (χ0n) is 25.0. The van der Waals surface area contributed by atoms with Crippen molar-refractivity contribution < 1.29 is 33.8 Å². The molecule has 0 atom stereocenters. The number of benzene rings is 2. The summed E-state index contributed by atoms with van der Waals surface area (Å²) in [5, 5.41) is 12.2. The number of carbonyl (C=O) groups excluding carboxylic acids is 4. The van der Waals surface area contributed by atoms with Crippen LogP contribution in [0.15, 0.2) is 58.6 Å². The number of hydrogen-bond donors (Lipinski definition) is 4. The Morgan fingerprint density at radius 3 is 2.39 bits per heavy atom. The van der Waals surface area contributed by atoms with Crippen LogP contribution in [0.3, 0.4) is 0 Å². The van der Waals surface area contributed by atoms with Gasteiger partial charge in [-0.2, -0.15) is 0 Å². The van der Waals surface area contributed by atoms with Crippen LogP contribution in [0.25, 0.3) is 0 Å². The van der Waals surface area contributed by atoms with Gasteiger partial charge in [0, 0.05) is 24.8 Å². The Hall–Kier alpha value is -5.46. The van der Waals surface area contributed by atoms with Crippen molar-refractivity contribution in [3.8, 4) is 5.75 Å². The number of hydrogen-bond acceptors (Lipinski definition) is 8. The van der Waals surface area contributed by atoms with Gasteiger partial charge in [-0.05, 0) is 74.2 Å². The van der Waals surface area contributed by atoms with Crippen LogP contribution in [-0.4, -0.2) is 70.9 Å². The first-order valence-corrected chi connectivity index (χ1v) is 14.0. The van der Waals surface area contributed by atoms with E-state index in [0.29, 0.717) is 41.0 Å². The van der Waals surface area contributed by atoms with Gasteiger partial charge >= 0.3 is 12.1 Å². The Morgan fingerprint density at radius 1 is 1.02 bits per heavy atom. The number of aryl methyl sites for hydroxylation is 1. The van der Waals surface area contributed by atoms with Crippen molar-refractivity contribution in [2.45, 2.75) is 40.5 Å². The second kappa shape index (κ2) is 15.7. The maximum Gasteiger partial charge on any atom is 0.419 e. The van der Waals surface area contributed by atoms with E-state index in [-0.39, 0.29) is 35.2 Å². The van der Waals surface area contributed by atoms with Crippen LogP contribution in [0.1, 0.15) is 74.6 Å². The molecule has 5 N–H and O–H groups in total. The molecule has 3 rings (SSSR count). The zero-order valence-corrected chi connectivity index (χ0v) is 25.0. The molecule has 0 saturated carbocycles. The summed E-state index contributed by atoms with van der Waals surface area (Å²) in [6.07, 6.45) is 2.89. The molecule has 3 aromatic rings. The second-order valence-electron chi connectivity index (χ2n) is 9.64. The van der Waals surface area contributed by atoms with Crippen molar-refractivity contribution in [2.75, 3.05) is 19.9 Å². The summed E-state index contributed by atoms with van der Waals surface area (Å²) < 4.78 is 10.0. The number of aromatic nitrogens is 1. The van der Waals surface area contributed by atoms with Crippen LogP contribution < -0.4 is 11.1 Å². The van der Waals surface area contributed by atoms with Crippen LogP contribution in [0.2, 0.25) is 0 Å². The van der Waals surface area contributed by atoms with Gasteiger partial charge < -0.3 is 30.6 Å². The number of esters is 1. The van der Waals surface area contributed by atoms with Crippen LogP contribution >= 0.6 is 0 Å². The summed E-state index contributed by atoms with van der Waals surface area (Å²) in [6.45, 7) is 7.16. The lowest BCUT2D eigenvalue weighted by Gasteiger charge is -2.20. The van der Waals surface area contributed by atoms with Gasteiger partial charge in [0.25, 0.3) is 11.8 Å². The molecule has 0 spiro atoms. The molecule has 0 aliphatic heterocycles. The fourth-order valence-corrected chi connectivity index (χ4v) is 4.04. The standard InChI is InChI=1S/C31H36N6O7/c1-5-13-33-28(39)24-16-34-26(20(24)4)27(35-17-32)36-25-15-22(8-7-19(25)3)29(40)37(14-6-2)31(42)44-18-43-30(41)21-9-11-23(38)12-10-21/h7-12,15-17,34,38H,5-6,13-14,18H2,1-4H3,(H,33,39)(H2,32,35,36). The molecule has 0 unspecified atom stereocenters. The number of imide groups is 1. The number of amides is 3. The Balaban J connectivity index is 1.81. The lowest BCUT2D eigenvalue weighted by atomic mass is 10.1. The minimum Gasteiger partial charge on any atom is -0.508 e. The first kappa shape index (κ1) is 33.0. The molecular weight excluding hydrogens is 568 g/mol. The molecule has 1 aromatic heterocycles. The molecule has 232 valence electrons. The molecule has 0 aliphatic rings. The number of rotatable bonds is 11. The van der Waals surface area contributed by atoms with Gasteiger partial charge in [-0.1, -0.05) is 19.9 Å². The molecule has 13 nitrogen and oxygen atoms in total. The van der Waals surface area contributed by atoms with Gasteiger partial charge in [0.05, 0.1) is 28.8 Å². The predicted octanol–water partition coefficient (Wildman–Crippen LogP) is 4.35. The van der Waals surface area contributed by atoms with E-state index in [4.69, 9.17) is 15.2 Å². The van der Waals surface area contributed by atoms with Crippen molar-refractivity contribution in [3.63, 3.8) is 0 Å². The highest BCUT2D eigenvalue weighted by Gasteiger charge is 2.25. The third-order valence-corrected chi connectivity index (χ3v) is 6.41. The summed E-state index contributed by atoms with van der Waals surface area (Å²) in [7, 11) is 0. The van der Waals surface area contributed by atoms with Gasteiger partial charge in [0.15, 0.2) is 5.84 Å². The van der Waals surface area contributed by atoms with Crippen molar-refractivity contribution in [1.29, 1.82) is 0 Å². The van der Waals surface area contributed by atoms with Gasteiger partial charge in [0.1, 0.15) is 5.75 Å². The van der Waals surface area contributed by atoms with Crippen molar-refractivity contribution >= 4 is 41.7 Å². The highest BCUT2D eigenvalue weighted by molar-refractivity contribution is 6.07. The van der Waals surface area contributed by atoms with Gasteiger partial charge in [0.2, 0.25) is 6.79 Å². The van der Waals surface area contributed by atoms with Crippen molar-refractivity contribution in [3.05, 3.63) is 82.2 Å². The highest BCUT2D eigenvalue weighted by Crippen LogP contribution is 2.24. The van der Waals surface area contributed by atoms with E-state index in [0.717, 1.165) is 17.7 Å². The number of carbonyl (C=O) groups is 4. The number of phenolic OH excluding ortho intramolecular Hbond substituents is 1. The SMILES string of the molecule is CCCNC(=O)c1c[nH]c(C(N=CN)=Nc2cc(C(=O)N(CCC)C(=O)OCOC(=O)c3ccc(O)cc3)ccc2C)c1C. The Labute approximate surface area is 254 Å². The van der Waals surface area contributed by atoms with E-state index in [1.807, 2.05) is 6.92 Å². The summed E-state index contributed by atoms with van der Waals surface area (Å²) in [5.74, 6) is -1.48. The predicted molar refractivity (Wildman–Crippen MR) is 164 cm³/mol. The number of ether oxygens (including phenoxy) is 2. The molecule has 44 heavy (non-hydrogen) atoms. The number of phenols is 1. The number of nitrogens with zero attached hydrogens (tertiary/aromatic N) is 3. The fraction of sp³-hybridized carbons (Fsp3) is 0.290. The van der Waals surface area contributed by atoms with Crippen LogP contribution in [-0.2, 0) is 9.47 Å². The number of aromatic hydroxyl groups is 1. The quantitative estimate of drug-likeness (QED) is 0.108. The van der Waals surface area contributed by atoms with E-state index in [1.165, 1.54) is 30.3 Å². The van der Waals surface area contributed by atoms with Gasteiger partial charge in [-0.25, -0.2) is 24.5 Å². The van der Waals surface area contributed by atoms with Crippen LogP contribution in [0.5, 0.6) is 5.75 Å². The Kier molecular flexibility index (Phi) is 11.8. The molecule has 3 amide bonds. The van der Waals surface area contributed by atoms with E-state index in [9.17, 15) is 24.3 Å². The molecule has 0 fully saturated rings. The van der Waals surface area contributed by atoms with Crippen LogP contribution in [0.4, 0.5) is 10.5 Å². The lowest BCUT2D eigenvalue weighted by molar-refractivity contribution is -0.0105. The number of nitrogens with one attached hydrogen (secondary N) is 2. The smallest absolute Gasteiger partial charge is 0.419 e. The third-order valence-electron chi connectivity index (χ3n) is 6.41. The minimum atomic E-state index is -0.995. The molecular formula is C31H36N6O7. The van der Waals surface area contributed by atoms with E-state index in [1.54, 1.807) is 39.1 Å². The fourth-order valence-electron chi connectivity index (χ4n) is 4.04. The molecule has 0 aliphatic carbocycles. The number of nitrogens with two attached hydrogens (primary N) is 1. The van der Waals surface area contributed by atoms with Gasteiger partial charge in [-0.3, -0.25) is 9.59 Å². The first-order valence-electron chi connectivity index (χ1n) is 14.0. The third kappa shape index (κ3) is 8.31. The normalized spacial score (nSPS) is 11.3. The van der Waals surface area contributed by atoms with E-state index < -0.39 is 24.8 Å².